The maximum absolute atomic E-state index is 12.4. The third-order valence-electron chi connectivity index (χ3n) is 4.99. The molecule has 0 amide bonds. The molecule has 7 heteroatoms. The number of benzene rings is 1. The van der Waals surface area contributed by atoms with Crippen molar-refractivity contribution in [3.05, 3.63) is 88.5 Å². The zero-order chi connectivity index (χ0) is 19.7. The molecule has 3 heterocycles. The van der Waals surface area contributed by atoms with Crippen molar-refractivity contribution in [1.29, 1.82) is 0 Å². The maximum Gasteiger partial charge on any atom is 0.258 e. The first-order valence-electron chi connectivity index (χ1n) is 9.15. The summed E-state index contributed by atoms with van der Waals surface area (Å²) in [5, 5.41) is 4.15. The average Bonchev–Trinajstić information content (AvgIpc) is 3.23. The van der Waals surface area contributed by atoms with Crippen LogP contribution in [-0.2, 0) is 6.54 Å². The molecule has 0 aliphatic carbocycles. The summed E-state index contributed by atoms with van der Waals surface area (Å²) in [7, 11) is 2.04. The van der Waals surface area contributed by atoms with Crippen molar-refractivity contribution < 1.29 is 0 Å². The molecule has 4 rings (SSSR count). The molecule has 3 aromatic heterocycles. The highest BCUT2D eigenvalue weighted by molar-refractivity contribution is 5.40. The smallest absolute Gasteiger partial charge is 0.258 e. The van der Waals surface area contributed by atoms with E-state index < -0.39 is 0 Å². The van der Waals surface area contributed by atoms with Gasteiger partial charge in [-0.25, -0.2) is 14.6 Å². The van der Waals surface area contributed by atoms with Crippen LogP contribution in [0, 0.1) is 6.92 Å². The quantitative estimate of drug-likeness (QED) is 0.537. The number of pyridine rings is 1. The largest absolute Gasteiger partial charge is 0.294 e. The van der Waals surface area contributed by atoms with Gasteiger partial charge in [-0.3, -0.25) is 14.1 Å². The second kappa shape index (κ2) is 7.36. The van der Waals surface area contributed by atoms with E-state index in [9.17, 15) is 4.79 Å². The molecule has 0 aliphatic rings. The lowest BCUT2D eigenvalue weighted by Gasteiger charge is -2.25. The van der Waals surface area contributed by atoms with E-state index in [0.29, 0.717) is 12.2 Å². The van der Waals surface area contributed by atoms with Crippen molar-refractivity contribution in [3.8, 4) is 5.69 Å². The summed E-state index contributed by atoms with van der Waals surface area (Å²) in [6, 6.07) is 13.9. The molecular formula is C21H22N6O. The van der Waals surface area contributed by atoms with Crippen LogP contribution in [0.3, 0.4) is 0 Å². The maximum atomic E-state index is 12.4. The Labute approximate surface area is 162 Å². The minimum Gasteiger partial charge on any atom is -0.294 e. The highest BCUT2D eigenvalue weighted by Gasteiger charge is 2.14. The van der Waals surface area contributed by atoms with E-state index >= 15 is 0 Å². The van der Waals surface area contributed by atoms with E-state index in [1.807, 2.05) is 44.4 Å². The van der Waals surface area contributed by atoms with Crippen molar-refractivity contribution in [2.75, 3.05) is 7.05 Å². The first-order chi connectivity index (χ1) is 13.5. The van der Waals surface area contributed by atoms with Crippen LogP contribution in [0.4, 0.5) is 0 Å². The Morgan fingerprint density at radius 2 is 1.93 bits per heavy atom. The van der Waals surface area contributed by atoms with Crippen molar-refractivity contribution in [2.24, 2.45) is 0 Å². The van der Waals surface area contributed by atoms with E-state index in [1.54, 1.807) is 21.5 Å². The molecule has 1 atom stereocenters. The van der Waals surface area contributed by atoms with Crippen LogP contribution < -0.4 is 5.56 Å². The number of aromatic nitrogens is 5. The Hall–Kier alpha value is -3.32. The number of rotatable bonds is 5. The first-order valence-corrected chi connectivity index (χ1v) is 9.15. The van der Waals surface area contributed by atoms with Gasteiger partial charge in [-0.1, -0.05) is 18.2 Å². The van der Waals surface area contributed by atoms with Gasteiger partial charge in [0.1, 0.15) is 18.3 Å². The van der Waals surface area contributed by atoms with Gasteiger partial charge in [0.2, 0.25) is 0 Å². The molecule has 0 saturated carbocycles. The lowest BCUT2D eigenvalue weighted by molar-refractivity contribution is 0.250. The molecule has 28 heavy (non-hydrogen) atoms. The Balaban J connectivity index is 1.53. The molecule has 0 bridgehead atoms. The Morgan fingerprint density at radius 1 is 1.14 bits per heavy atom. The number of hydrogen-bond donors (Lipinski definition) is 0. The minimum absolute atomic E-state index is 0.0538. The summed E-state index contributed by atoms with van der Waals surface area (Å²) in [4.78, 5) is 23.2. The van der Waals surface area contributed by atoms with Crippen LogP contribution in [0.5, 0.6) is 0 Å². The highest BCUT2D eigenvalue weighted by Crippen LogP contribution is 2.21. The number of hydrogen-bond acceptors (Lipinski definition) is 5. The fourth-order valence-corrected chi connectivity index (χ4v) is 3.23. The minimum atomic E-state index is -0.0538. The van der Waals surface area contributed by atoms with Crippen LogP contribution in [0.25, 0.3) is 11.3 Å². The van der Waals surface area contributed by atoms with E-state index in [0.717, 1.165) is 16.9 Å². The summed E-state index contributed by atoms with van der Waals surface area (Å²) in [6.45, 7) is 4.69. The van der Waals surface area contributed by atoms with Crippen molar-refractivity contribution >= 4 is 5.65 Å². The van der Waals surface area contributed by atoms with Gasteiger partial charge in [0.25, 0.3) is 5.56 Å². The summed E-state index contributed by atoms with van der Waals surface area (Å²) in [5.74, 6) is 0. The van der Waals surface area contributed by atoms with Crippen LogP contribution >= 0.6 is 0 Å². The molecule has 0 fully saturated rings. The lowest BCUT2D eigenvalue weighted by Crippen LogP contribution is -2.24. The Bertz CT molecular complexity index is 1150. The molecule has 0 radical (unpaired) electrons. The van der Waals surface area contributed by atoms with Gasteiger partial charge in [-0.05, 0) is 50.2 Å². The van der Waals surface area contributed by atoms with Crippen molar-refractivity contribution in [3.63, 3.8) is 0 Å². The fourth-order valence-electron chi connectivity index (χ4n) is 3.23. The fraction of sp³-hybridized carbons (Fsp3) is 0.238. The lowest BCUT2D eigenvalue weighted by atomic mass is 10.1. The van der Waals surface area contributed by atoms with Gasteiger partial charge in [0.05, 0.1) is 11.4 Å². The van der Waals surface area contributed by atoms with E-state index in [4.69, 9.17) is 0 Å². The van der Waals surface area contributed by atoms with Crippen LogP contribution in [0.1, 0.15) is 29.8 Å². The average molecular weight is 374 g/mol. The van der Waals surface area contributed by atoms with Crippen LogP contribution in [0.2, 0.25) is 0 Å². The SMILES string of the molecule is Cc1ccc2nc(CN(C)C(C)c3ccc(-n4cncn4)cc3)cc(=O)n2c1. The summed E-state index contributed by atoms with van der Waals surface area (Å²) in [6.07, 6.45) is 5.01. The molecule has 0 spiro atoms. The summed E-state index contributed by atoms with van der Waals surface area (Å²) < 4.78 is 3.32. The molecule has 4 aromatic rings. The predicted molar refractivity (Wildman–Crippen MR) is 107 cm³/mol. The van der Waals surface area contributed by atoms with Gasteiger partial charge in [0.15, 0.2) is 0 Å². The van der Waals surface area contributed by atoms with Crippen molar-refractivity contribution in [1.82, 2.24) is 29.0 Å². The zero-order valence-corrected chi connectivity index (χ0v) is 16.1. The van der Waals surface area contributed by atoms with E-state index in [-0.39, 0.29) is 11.6 Å². The summed E-state index contributed by atoms with van der Waals surface area (Å²) >= 11 is 0. The number of aryl methyl sites for hydroxylation is 1. The van der Waals surface area contributed by atoms with Crippen LogP contribution in [-0.4, -0.2) is 36.1 Å². The molecule has 0 N–H and O–H groups in total. The molecule has 1 unspecified atom stereocenters. The van der Waals surface area contributed by atoms with E-state index in [1.165, 1.54) is 11.9 Å². The first kappa shape index (κ1) is 18.1. The van der Waals surface area contributed by atoms with E-state index in [2.05, 4.69) is 39.0 Å². The second-order valence-electron chi connectivity index (χ2n) is 7.04. The Kier molecular flexibility index (Phi) is 4.75. The monoisotopic (exact) mass is 374 g/mol. The van der Waals surface area contributed by atoms with Gasteiger partial charge >= 0.3 is 0 Å². The van der Waals surface area contributed by atoms with Crippen molar-refractivity contribution in [2.45, 2.75) is 26.4 Å². The standard InChI is InChI=1S/C21H22N6O/c1-15-4-9-20-24-18(10-21(28)26(20)11-15)12-25(3)16(2)17-5-7-19(8-6-17)27-14-22-13-23-27/h4-11,13-14,16H,12H2,1-3H3. The predicted octanol–water partition coefficient (Wildman–Crippen LogP) is 2.78. The van der Waals surface area contributed by atoms with Gasteiger partial charge in [-0.2, -0.15) is 5.10 Å². The zero-order valence-electron chi connectivity index (χ0n) is 16.1. The van der Waals surface area contributed by atoms with Gasteiger partial charge in [0, 0.05) is 24.8 Å². The third-order valence-corrected chi connectivity index (χ3v) is 4.99. The Morgan fingerprint density at radius 3 is 2.64 bits per heavy atom. The van der Waals surface area contributed by atoms with Gasteiger partial charge < -0.3 is 0 Å². The number of nitrogens with zero attached hydrogens (tertiary/aromatic N) is 6. The highest BCUT2D eigenvalue weighted by atomic mass is 16.1. The molecule has 0 saturated heterocycles. The van der Waals surface area contributed by atoms with Crippen LogP contribution in [0.15, 0.2) is 66.1 Å². The molecule has 7 nitrogen and oxygen atoms in total. The molecular weight excluding hydrogens is 352 g/mol. The molecule has 142 valence electrons. The second-order valence-corrected chi connectivity index (χ2v) is 7.04. The topological polar surface area (TPSA) is 68.3 Å². The molecule has 1 aromatic carbocycles. The molecule has 0 aliphatic heterocycles. The summed E-state index contributed by atoms with van der Waals surface area (Å²) in [5.41, 5.74) is 4.56. The van der Waals surface area contributed by atoms with Gasteiger partial charge in [-0.15, -0.1) is 0 Å². The third kappa shape index (κ3) is 3.57. The number of fused-ring (bicyclic) bond motifs is 1. The normalized spacial score (nSPS) is 12.6.